The molecule has 0 fully saturated rings. The second-order valence-corrected chi connectivity index (χ2v) is 3.94. The lowest BCUT2D eigenvalue weighted by Crippen LogP contribution is -2.17. The predicted octanol–water partition coefficient (Wildman–Crippen LogP) is 2.43. The van der Waals surface area contributed by atoms with Gasteiger partial charge in [0.05, 0.1) is 6.54 Å². The standard InChI is InChI=1S/C13H14N2O2/c1-10-3-5-12(17-10)8-15(2)13-6-4-11(9-16)7-14-13/h3-7,9H,8H2,1-2H3. The number of nitrogens with zero attached hydrogens (tertiary/aromatic N) is 2. The molecule has 2 aromatic rings. The Balaban J connectivity index is 2.08. The summed E-state index contributed by atoms with van der Waals surface area (Å²) in [5, 5.41) is 0. The van der Waals surface area contributed by atoms with E-state index in [1.54, 1.807) is 12.3 Å². The van der Waals surface area contributed by atoms with Gasteiger partial charge in [-0.15, -0.1) is 0 Å². The Bertz CT molecular complexity index is 502. The number of aryl methyl sites for hydroxylation is 1. The first kappa shape index (κ1) is 11.4. The summed E-state index contributed by atoms with van der Waals surface area (Å²) in [6, 6.07) is 7.45. The first-order valence-electron chi connectivity index (χ1n) is 5.37. The first-order valence-corrected chi connectivity index (χ1v) is 5.37. The van der Waals surface area contributed by atoms with E-state index in [1.807, 2.05) is 37.1 Å². The van der Waals surface area contributed by atoms with E-state index in [-0.39, 0.29) is 0 Å². The summed E-state index contributed by atoms with van der Waals surface area (Å²) in [4.78, 5) is 16.7. The van der Waals surface area contributed by atoms with Crippen LogP contribution >= 0.6 is 0 Å². The molecular formula is C13H14N2O2. The smallest absolute Gasteiger partial charge is 0.151 e. The largest absolute Gasteiger partial charge is 0.464 e. The van der Waals surface area contributed by atoms with Crippen LogP contribution in [0.15, 0.2) is 34.9 Å². The van der Waals surface area contributed by atoms with E-state index in [0.717, 1.165) is 23.6 Å². The molecule has 0 aliphatic carbocycles. The highest BCUT2D eigenvalue weighted by atomic mass is 16.3. The number of furan rings is 1. The van der Waals surface area contributed by atoms with Crippen LogP contribution in [-0.2, 0) is 6.54 Å². The molecule has 88 valence electrons. The maximum Gasteiger partial charge on any atom is 0.151 e. The molecule has 0 unspecified atom stereocenters. The number of aldehydes is 1. The van der Waals surface area contributed by atoms with Crippen molar-refractivity contribution < 1.29 is 9.21 Å². The predicted molar refractivity (Wildman–Crippen MR) is 65.2 cm³/mol. The molecule has 0 aromatic carbocycles. The van der Waals surface area contributed by atoms with Crippen LogP contribution in [0.25, 0.3) is 0 Å². The molecule has 4 heteroatoms. The average Bonchev–Trinajstić information content (AvgIpc) is 2.75. The van der Waals surface area contributed by atoms with E-state index in [2.05, 4.69) is 4.98 Å². The Kier molecular flexibility index (Phi) is 3.23. The molecule has 0 atom stereocenters. The van der Waals surface area contributed by atoms with Crippen LogP contribution in [0.3, 0.4) is 0 Å². The highest BCUT2D eigenvalue weighted by molar-refractivity contribution is 5.74. The normalized spacial score (nSPS) is 10.2. The van der Waals surface area contributed by atoms with Crippen molar-refractivity contribution in [2.75, 3.05) is 11.9 Å². The van der Waals surface area contributed by atoms with Crippen LogP contribution in [0, 0.1) is 6.92 Å². The van der Waals surface area contributed by atoms with Gasteiger partial charge < -0.3 is 9.32 Å². The molecular weight excluding hydrogens is 216 g/mol. The molecule has 2 rings (SSSR count). The summed E-state index contributed by atoms with van der Waals surface area (Å²) in [5.41, 5.74) is 0.580. The van der Waals surface area contributed by atoms with Crippen LogP contribution in [0.2, 0.25) is 0 Å². The summed E-state index contributed by atoms with van der Waals surface area (Å²) in [6.07, 6.45) is 2.35. The number of carbonyl (C=O) groups is 1. The molecule has 0 aliphatic rings. The molecule has 17 heavy (non-hydrogen) atoms. The lowest BCUT2D eigenvalue weighted by Gasteiger charge is -2.16. The summed E-state index contributed by atoms with van der Waals surface area (Å²) in [6.45, 7) is 2.57. The molecule has 0 spiro atoms. The monoisotopic (exact) mass is 230 g/mol. The summed E-state index contributed by atoms with van der Waals surface area (Å²) < 4.78 is 5.49. The van der Waals surface area contributed by atoms with Gasteiger partial charge in [-0.2, -0.15) is 0 Å². The Morgan fingerprint density at radius 3 is 2.71 bits per heavy atom. The number of carbonyl (C=O) groups excluding carboxylic acids is 1. The Hall–Kier alpha value is -2.10. The molecule has 4 nitrogen and oxygen atoms in total. The zero-order valence-electron chi connectivity index (χ0n) is 9.88. The van der Waals surface area contributed by atoms with Crippen molar-refractivity contribution >= 4 is 12.1 Å². The molecule has 2 heterocycles. The van der Waals surface area contributed by atoms with Crippen molar-refractivity contribution in [3.63, 3.8) is 0 Å². The SMILES string of the molecule is Cc1ccc(CN(C)c2ccc(C=O)cn2)o1. The van der Waals surface area contributed by atoms with Gasteiger partial charge in [0.15, 0.2) is 6.29 Å². The van der Waals surface area contributed by atoms with Gasteiger partial charge in [-0.3, -0.25) is 4.79 Å². The van der Waals surface area contributed by atoms with E-state index >= 15 is 0 Å². The van der Waals surface area contributed by atoms with E-state index in [0.29, 0.717) is 12.1 Å². The zero-order chi connectivity index (χ0) is 12.3. The van der Waals surface area contributed by atoms with E-state index in [9.17, 15) is 4.79 Å². The molecule has 0 N–H and O–H groups in total. The van der Waals surface area contributed by atoms with Crippen molar-refractivity contribution in [2.24, 2.45) is 0 Å². The van der Waals surface area contributed by atoms with Gasteiger partial charge in [-0.25, -0.2) is 4.98 Å². The lowest BCUT2D eigenvalue weighted by molar-refractivity contribution is 0.112. The van der Waals surface area contributed by atoms with Crippen LogP contribution < -0.4 is 4.90 Å². The fourth-order valence-electron chi connectivity index (χ4n) is 1.58. The van der Waals surface area contributed by atoms with Crippen LogP contribution in [0.4, 0.5) is 5.82 Å². The first-order chi connectivity index (χ1) is 8.19. The fourth-order valence-corrected chi connectivity index (χ4v) is 1.58. The highest BCUT2D eigenvalue weighted by Gasteiger charge is 2.06. The van der Waals surface area contributed by atoms with Crippen molar-refractivity contribution in [2.45, 2.75) is 13.5 Å². The second kappa shape index (κ2) is 4.82. The minimum atomic E-state index is 0.580. The number of hydrogen-bond donors (Lipinski definition) is 0. The maximum atomic E-state index is 10.5. The minimum absolute atomic E-state index is 0.580. The van der Waals surface area contributed by atoms with Gasteiger partial charge in [-0.1, -0.05) is 0 Å². The zero-order valence-corrected chi connectivity index (χ0v) is 9.88. The summed E-state index contributed by atoms with van der Waals surface area (Å²) >= 11 is 0. The number of rotatable bonds is 4. The lowest BCUT2D eigenvalue weighted by atomic mass is 10.3. The molecule has 0 saturated heterocycles. The van der Waals surface area contributed by atoms with Crippen molar-refractivity contribution in [3.8, 4) is 0 Å². The molecule has 0 amide bonds. The molecule has 0 bridgehead atoms. The molecule has 0 saturated carbocycles. The molecule has 0 aliphatic heterocycles. The highest BCUT2D eigenvalue weighted by Crippen LogP contribution is 2.14. The number of pyridine rings is 1. The van der Waals surface area contributed by atoms with Crippen LogP contribution in [0.1, 0.15) is 21.9 Å². The quantitative estimate of drug-likeness (QED) is 0.757. The van der Waals surface area contributed by atoms with Gasteiger partial charge in [-0.05, 0) is 31.2 Å². The van der Waals surface area contributed by atoms with Crippen molar-refractivity contribution in [3.05, 3.63) is 47.5 Å². The van der Waals surface area contributed by atoms with Gasteiger partial charge in [0.1, 0.15) is 17.3 Å². The third-order valence-corrected chi connectivity index (χ3v) is 2.49. The Morgan fingerprint density at radius 1 is 1.35 bits per heavy atom. The topological polar surface area (TPSA) is 46.3 Å². The fraction of sp³-hybridized carbons (Fsp3) is 0.231. The number of aromatic nitrogens is 1. The van der Waals surface area contributed by atoms with Crippen molar-refractivity contribution in [1.82, 2.24) is 4.98 Å². The van der Waals surface area contributed by atoms with Gasteiger partial charge in [0.25, 0.3) is 0 Å². The van der Waals surface area contributed by atoms with Gasteiger partial charge >= 0.3 is 0 Å². The van der Waals surface area contributed by atoms with Crippen LogP contribution in [0.5, 0.6) is 0 Å². The second-order valence-electron chi connectivity index (χ2n) is 3.94. The summed E-state index contributed by atoms with van der Waals surface area (Å²) in [7, 11) is 1.93. The van der Waals surface area contributed by atoms with Gasteiger partial charge in [0, 0.05) is 18.8 Å². The molecule has 2 aromatic heterocycles. The third-order valence-electron chi connectivity index (χ3n) is 2.49. The van der Waals surface area contributed by atoms with E-state index in [1.165, 1.54) is 0 Å². The van der Waals surface area contributed by atoms with E-state index < -0.39 is 0 Å². The minimum Gasteiger partial charge on any atom is -0.464 e. The van der Waals surface area contributed by atoms with Crippen LogP contribution in [-0.4, -0.2) is 18.3 Å². The maximum absolute atomic E-state index is 10.5. The van der Waals surface area contributed by atoms with E-state index in [4.69, 9.17) is 4.42 Å². The molecule has 0 radical (unpaired) electrons. The van der Waals surface area contributed by atoms with Gasteiger partial charge in [0.2, 0.25) is 0 Å². The number of anilines is 1. The Labute approximate surface area is 99.9 Å². The van der Waals surface area contributed by atoms with Crippen molar-refractivity contribution in [1.29, 1.82) is 0 Å². The third kappa shape index (κ3) is 2.72. The average molecular weight is 230 g/mol. The number of hydrogen-bond acceptors (Lipinski definition) is 4. The Morgan fingerprint density at radius 2 is 2.18 bits per heavy atom. The summed E-state index contributed by atoms with van der Waals surface area (Å²) in [5.74, 6) is 2.61.